The number of ether oxygens (including phenoxy) is 1. The Bertz CT molecular complexity index is 630. The van der Waals surface area contributed by atoms with E-state index in [1.54, 1.807) is 7.05 Å². The Morgan fingerprint density at radius 2 is 1.62 bits per heavy atom. The van der Waals surface area contributed by atoms with Gasteiger partial charge in [0.2, 0.25) is 0 Å². The fourth-order valence-electron chi connectivity index (χ4n) is 2.20. The summed E-state index contributed by atoms with van der Waals surface area (Å²) < 4.78 is 5.86. The summed E-state index contributed by atoms with van der Waals surface area (Å²) in [6, 6.07) is 18.5. The lowest BCUT2D eigenvalue weighted by Crippen LogP contribution is -2.40. The van der Waals surface area contributed by atoms with Crippen LogP contribution < -0.4 is 15.4 Å². The normalized spacial score (nSPS) is 10.9. The van der Waals surface area contributed by atoms with Crippen molar-refractivity contribution in [3.63, 3.8) is 0 Å². The molecule has 0 fully saturated rings. The fourth-order valence-corrected chi connectivity index (χ4v) is 2.20. The zero-order valence-electron chi connectivity index (χ0n) is 14.5. The number of aliphatic imine (C=N–C) groups is 1. The van der Waals surface area contributed by atoms with Crippen LogP contribution in [-0.2, 0) is 13.2 Å². The molecular formula is C19H26IN3O. The Morgan fingerprint density at radius 3 is 2.25 bits per heavy atom. The van der Waals surface area contributed by atoms with Gasteiger partial charge in [0.15, 0.2) is 5.96 Å². The molecule has 5 heteroatoms. The number of benzene rings is 2. The number of hydrogen-bond acceptors (Lipinski definition) is 2. The van der Waals surface area contributed by atoms with Crippen LogP contribution in [0.2, 0.25) is 0 Å². The largest absolute Gasteiger partial charge is 0.489 e. The molecule has 0 aliphatic heterocycles. The van der Waals surface area contributed by atoms with Crippen LogP contribution in [0, 0.1) is 0 Å². The molecule has 2 aromatic rings. The highest BCUT2D eigenvalue weighted by Gasteiger charge is 2.05. The molecule has 0 saturated carbocycles. The van der Waals surface area contributed by atoms with E-state index >= 15 is 0 Å². The monoisotopic (exact) mass is 439 g/mol. The molecule has 4 nitrogen and oxygen atoms in total. The van der Waals surface area contributed by atoms with Crippen molar-refractivity contribution in [2.75, 3.05) is 7.05 Å². The van der Waals surface area contributed by atoms with Gasteiger partial charge in [-0.15, -0.1) is 24.0 Å². The zero-order chi connectivity index (χ0) is 16.5. The standard InChI is InChI=1S/C19H25N3O.HI/c1-15(2)22-19(20-3)21-13-16-9-7-8-10-17(16)14-23-18-11-5-4-6-12-18;/h4-12,15H,13-14H2,1-3H3,(H2,20,21,22);1H. The first-order valence-corrected chi connectivity index (χ1v) is 7.91. The molecule has 0 radical (unpaired) electrons. The summed E-state index contributed by atoms with van der Waals surface area (Å²) in [7, 11) is 1.78. The maximum Gasteiger partial charge on any atom is 0.191 e. The summed E-state index contributed by atoms with van der Waals surface area (Å²) in [5.74, 6) is 1.69. The van der Waals surface area contributed by atoms with Gasteiger partial charge in [-0.1, -0.05) is 42.5 Å². The molecule has 0 aromatic heterocycles. The third kappa shape index (κ3) is 6.78. The first kappa shape index (κ1) is 20.3. The van der Waals surface area contributed by atoms with Crippen LogP contribution in [-0.4, -0.2) is 19.0 Å². The molecule has 0 saturated heterocycles. The molecule has 2 N–H and O–H groups in total. The van der Waals surface area contributed by atoms with Crippen molar-refractivity contribution in [3.05, 3.63) is 65.7 Å². The second-order valence-corrected chi connectivity index (χ2v) is 5.60. The number of para-hydroxylation sites is 1. The van der Waals surface area contributed by atoms with Crippen molar-refractivity contribution in [3.8, 4) is 5.75 Å². The van der Waals surface area contributed by atoms with E-state index < -0.39 is 0 Å². The van der Waals surface area contributed by atoms with Crippen molar-refractivity contribution in [1.29, 1.82) is 0 Å². The predicted molar refractivity (Wildman–Crippen MR) is 111 cm³/mol. The van der Waals surface area contributed by atoms with Crippen molar-refractivity contribution in [2.24, 2.45) is 4.99 Å². The Balaban J connectivity index is 0.00000288. The van der Waals surface area contributed by atoms with Gasteiger partial charge in [-0.2, -0.15) is 0 Å². The Hall–Kier alpha value is -1.76. The first-order chi connectivity index (χ1) is 11.2. The maximum atomic E-state index is 5.86. The van der Waals surface area contributed by atoms with Gasteiger partial charge in [-0.05, 0) is 37.1 Å². The zero-order valence-corrected chi connectivity index (χ0v) is 16.8. The molecule has 0 unspecified atom stereocenters. The summed E-state index contributed by atoms with van der Waals surface area (Å²) in [6.07, 6.45) is 0. The molecule has 2 rings (SSSR count). The predicted octanol–water partition coefficient (Wildman–Crippen LogP) is 3.96. The van der Waals surface area contributed by atoms with Gasteiger partial charge >= 0.3 is 0 Å². The lowest BCUT2D eigenvalue weighted by Gasteiger charge is -2.16. The highest BCUT2D eigenvalue weighted by Crippen LogP contribution is 2.14. The average molecular weight is 439 g/mol. The van der Waals surface area contributed by atoms with E-state index in [4.69, 9.17) is 4.74 Å². The van der Waals surface area contributed by atoms with Gasteiger partial charge in [0.1, 0.15) is 12.4 Å². The second kappa shape index (κ2) is 10.9. The molecule has 0 amide bonds. The number of guanidine groups is 1. The van der Waals surface area contributed by atoms with Crippen molar-refractivity contribution in [1.82, 2.24) is 10.6 Å². The lowest BCUT2D eigenvalue weighted by atomic mass is 10.1. The van der Waals surface area contributed by atoms with E-state index in [2.05, 4.69) is 41.6 Å². The van der Waals surface area contributed by atoms with E-state index in [-0.39, 0.29) is 24.0 Å². The SMILES string of the molecule is CN=C(NCc1ccccc1COc1ccccc1)NC(C)C.I. The summed E-state index contributed by atoms with van der Waals surface area (Å²) in [4.78, 5) is 4.23. The molecule has 0 aliphatic carbocycles. The van der Waals surface area contributed by atoms with E-state index in [0.717, 1.165) is 11.7 Å². The molecule has 2 aromatic carbocycles. The molecular weight excluding hydrogens is 413 g/mol. The number of hydrogen-bond donors (Lipinski definition) is 2. The van der Waals surface area contributed by atoms with Gasteiger partial charge < -0.3 is 15.4 Å². The molecule has 130 valence electrons. The Kier molecular flexibility index (Phi) is 9.22. The molecule has 0 bridgehead atoms. The van der Waals surface area contributed by atoms with Crippen LogP contribution in [0.25, 0.3) is 0 Å². The quantitative estimate of drug-likeness (QED) is 0.407. The van der Waals surface area contributed by atoms with Gasteiger partial charge in [0.25, 0.3) is 0 Å². The van der Waals surface area contributed by atoms with Gasteiger partial charge in [0.05, 0.1) is 0 Å². The Labute approximate surface area is 161 Å². The lowest BCUT2D eigenvalue weighted by molar-refractivity contribution is 0.305. The van der Waals surface area contributed by atoms with Crippen LogP contribution in [0.15, 0.2) is 59.6 Å². The van der Waals surface area contributed by atoms with E-state index in [1.807, 2.05) is 42.5 Å². The maximum absolute atomic E-state index is 5.86. The van der Waals surface area contributed by atoms with E-state index in [9.17, 15) is 0 Å². The number of nitrogens with zero attached hydrogens (tertiary/aromatic N) is 1. The smallest absolute Gasteiger partial charge is 0.191 e. The summed E-state index contributed by atoms with van der Waals surface area (Å²) >= 11 is 0. The average Bonchev–Trinajstić information content (AvgIpc) is 2.58. The van der Waals surface area contributed by atoms with Crippen LogP contribution in [0.5, 0.6) is 5.75 Å². The minimum Gasteiger partial charge on any atom is -0.489 e. The van der Waals surface area contributed by atoms with Crippen molar-refractivity contribution in [2.45, 2.75) is 33.0 Å². The van der Waals surface area contributed by atoms with Crippen LogP contribution >= 0.6 is 24.0 Å². The molecule has 24 heavy (non-hydrogen) atoms. The molecule has 0 spiro atoms. The number of nitrogens with one attached hydrogen (secondary N) is 2. The van der Waals surface area contributed by atoms with Crippen LogP contribution in [0.1, 0.15) is 25.0 Å². The molecule has 0 heterocycles. The van der Waals surface area contributed by atoms with Crippen LogP contribution in [0.4, 0.5) is 0 Å². The second-order valence-electron chi connectivity index (χ2n) is 5.60. The summed E-state index contributed by atoms with van der Waals surface area (Å²) in [5, 5.41) is 6.62. The van der Waals surface area contributed by atoms with E-state index in [1.165, 1.54) is 11.1 Å². The molecule has 0 atom stereocenters. The highest BCUT2D eigenvalue weighted by molar-refractivity contribution is 14.0. The van der Waals surface area contributed by atoms with Gasteiger partial charge in [0, 0.05) is 19.6 Å². The third-order valence-electron chi connectivity index (χ3n) is 3.35. The first-order valence-electron chi connectivity index (χ1n) is 7.91. The minimum absolute atomic E-state index is 0. The molecule has 0 aliphatic rings. The van der Waals surface area contributed by atoms with Crippen molar-refractivity contribution < 1.29 is 4.74 Å². The van der Waals surface area contributed by atoms with Crippen molar-refractivity contribution >= 4 is 29.9 Å². The minimum atomic E-state index is 0. The van der Waals surface area contributed by atoms with Crippen LogP contribution in [0.3, 0.4) is 0 Å². The summed E-state index contributed by atoms with van der Waals surface area (Å²) in [6.45, 7) is 5.45. The Morgan fingerprint density at radius 1 is 1.00 bits per heavy atom. The van der Waals surface area contributed by atoms with Gasteiger partial charge in [-0.25, -0.2) is 0 Å². The topological polar surface area (TPSA) is 45.7 Å². The highest BCUT2D eigenvalue weighted by atomic mass is 127. The number of halogens is 1. The number of rotatable bonds is 6. The summed E-state index contributed by atoms with van der Waals surface area (Å²) in [5.41, 5.74) is 2.37. The third-order valence-corrected chi connectivity index (χ3v) is 3.35. The van der Waals surface area contributed by atoms with E-state index in [0.29, 0.717) is 19.2 Å². The van der Waals surface area contributed by atoms with Gasteiger partial charge in [-0.3, -0.25) is 4.99 Å². The fraction of sp³-hybridized carbons (Fsp3) is 0.316.